The van der Waals surface area contributed by atoms with Crippen LogP contribution in [-0.2, 0) is 0 Å². The smallest absolute Gasteiger partial charge is 0.224 e. The quantitative estimate of drug-likeness (QED) is 0.540. The topological polar surface area (TPSA) is 12.9 Å². The lowest BCUT2D eigenvalue weighted by Crippen LogP contribution is -1.93. The van der Waals surface area contributed by atoms with E-state index < -0.39 is 22.6 Å². The summed E-state index contributed by atoms with van der Waals surface area (Å²) in [6, 6.07) is 0. The zero-order valence-electron chi connectivity index (χ0n) is 4.54. The molecule has 0 radical (unpaired) electrons. The standard InChI is InChI=1S/C5HClF3N/c6-2-1-10-5(9)4(8)3(2)7/h1H. The van der Waals surface area contributed by atoms with E-state index in [0.717, 1.165) is 0 Å². The van der Waals surface area contributed by atoms with Crippen LogP contribution in [0.3, 0.4) is 0 Å². The van der Waals surface area contributed by atoms with E-state index in [2.05, 4.69) is 4.98 Å². The third kappa shape index (κ3) is 1.07. The van der Waals surface area contributed by atoms with Crippen molar-refractivity contribution in [1.82, 2.24) is 4.98 Å². The van der Waals surface area contributed by atoms with E-state index in [1.54, 1.807) is 0 Å². The van der Waals surface area contributed by atoms with E-state index in [4.69, 9.17) is 11.6 Å². The average Bonchev–Trinajstić information content (AvgIpc) is 1.93. The molecule has 54 valence electrons. The summed E-state index contributed by atoms with van der Waals surface area (Å²) in [4.78, 5) is 2.83. The molecule has 0 aliphatic heterocycles. The molecule has 0 fully saturated rings. The SMILES string of the molecule is Fc1ncc(Cl)c(F)c1F. The number of nitrogens with zero attached hydrogens (tertiary/aromatic N) is 1. The van der Waals surface area contributed by atoms with E-state index in [9.17, 15) is 13.2 Å². The predicted molar refractivity (Wildman–Crippen MR) is 29.1 cm³/mol. The molecule has 1 heterocycles. The Balaban J connectivity index is 3.34. The van der Waals surface area contributed by atoms with Crippen LogP contribution in [0.2, 0.25) is 5.02 Å². The van der Waals surface area contributed by atoms with Crippen LogP contribution >= 0.6 is 11.6 Å². The van der Waals surface area contributed by atoms with Crippen molar-refractivity contribution < 1.29 is 13.2 Å². The van der Waals surface area contributed by atoms with E-state index in [1.165, 1.54) is 0 Å². The average molecular weight is 168 g/mol. The first-order chi connectivity index (χ1) is 4.63. The van der Waals surface area contributed by atoms with Gasteiger partial charge in [0, 0.05) is 0 Å². The number of hydrogen-bond donors (Lipinski definition) is 0. The molecular formula is C5HClF3N. The molecule has 1 rings (SSSR count). The molecule has 0 saturated carbocycles. The highest BCUT2D eigenvalue weighted by atomic mass is 35.5. The summed E-state index contributed by atoms with van der Waals surface area (Å²) in [5.41, 5.74) is 0. The Morgan fingerprint density at radius 1 is 1.20 bits per heavy atom. The van der Waals surface area contributed by atoms with E-state index in [1.807, 2.05) is 0 Å². The zero-order chi connectivity index (χ0) is 7.72. The van der Waals surface area contributed by atoms with E-state index in [-0.39, 0.29) is 0 Å². The second kappa shape index (κ2) is 2.46. The summed E-state index contributed by atoms with van der Waals surface area (Å²) in [5.74, 6) is -4.54. The highest BCUT2D eigenvalue weighted by Crippen LogP contribution is 2.16. The van der Waals surface area contributed by atoms with Crippen LogP contribution in [0.25, 0.3) is 0 Å². The Bertz CT molecular complexity index is 236. The van der Waals surface area contributed by atoms with Crippen molar-refractivity contribution in [3.05, 3.63) is 28.8 Å². The molecule has 1 aromatic heterocycles. The highest BCUT2D eigenvalue weighted by molar-refractivity contribution is 6.30. The van der Waals surface area contributed by atoms with Crippen molar-refractivity contribution >= 4 is 11.6 Å². The molecule has 5 heteroatoms. The summed E-state index contributed by atoms with van der Waals surface area (Å²) in [5, 5.41) is -0.529. The predicted octanol–water partition coefficient (Wildman–Crippen LogP) is 2.15. The van der Waals surface area contributed by atoms with Gasteiger partial charge in [0.25, 0.3) is 5.95 Å². The second-order valence-corrected chi connectivity index (χ2v) is 1.93. The molecule has 10 heavy (non-hydrogen) atoms. The Morgan fingerprint density at radius 3 is 2.30 bits per heavy atom. The van der Waals surface area contributed by atoms with Gasteiger partial charge in [0.15, 0.2) is 5.82 Å². The summed E-state index contributed by atoms with van der Waals surface area (Å²) in [6.07, 6.45) is 0.704. The zero-order valence-corrected chi connectivity index (χ0v) is 5.29. The van der Waals surface area contributed by atoms with Gasteiger partial charge in [-0.15, -0.1) is 0 Å². The molecular weight excluding hydrogens is 167 g/mol. The number of hydrogen-bond acceptors (Lipinski definition) is 1. The van der Waals surface area contributed by atoms with Gasteiger partial charge in [0.05, 0.1) is 11.2 Å². The van der Waals surface area contributed by atoms with E-state index in [0.29, 0.717) is 6.20 Å². The highest BCUT2D eigenvalue weighted by Gasteiger charge is 2.12. The Kier molecular flexibility index (Phi) is 1.80. The molecule has 0 aliphatic rings. The summed E-state index contributed by atoms with van der Waals surface area (Å²) < 4.78 is 36.3. The van der Waals surface area contributed by atoms with Gasteiger partial charge in [-0.1, -0.05) is 11.6 Å². The molecule has 0 amide bonds. The Hall–Kier alpha value is -0.770. The fraction of sp³-hybridized carbons (Fsp3) is 0. The molecule has 1 aromatic rings. The number of halogens is 4. The Labute approximate surface area is 59.5 Å². The molecule has 0 atom stereocenters. The normalized spacial score (nSPS) is 10.0. The molecule has 0 N–H and O–H groups in total. The first kappa shape index (κ1) is 7.34. The van der Waals surface area contributed by atoms with Crippen molar-refractivity contribution in [3.63, 3.8) is 0 Å². The maximum Gasteiger partial charge on any atom is 0.252 e. The van der Waals surface area contributed by atoms with Crippen LogP contribution < -0.4 is 0 Å². The van der Waals surface area contributed by atoms with Crippen molar-refractivity contribution in [1.29, 1.82) is 0 Å². The number of pyridine rings is 1. The fourth-order valence-corrected chi connectivity index (χ4v) is 0.554. The van der Waals surface area contributed by atoms with Gasteiger partial charge in [0.2, 0.25) is 5.82 Å². The van der Waals surface area contributed by atoms with Crippen molar-refractivity contribution in [2.75, 3.05) is 0 Å². The number of aromatic nitrogens is 1. The molecule has 0 aliphatic carbocycles. The molecule has 0 saturated heterocycles. The van der Waals surface area contributed by atoms with E-state index >= 15 is 0 Å². The first-order valence-electron chi connectivity index (χ1n) is 2.28. The molecule has 0 aromatic carbocycles. The minimum Gasteiger partial charge on any atom is -0.224 e. The van der Waals surface area contributed by atoms with Gasteiger partial charge >= 0.3 is 0 Å². The van der Waals surface area contributed by atoms with Crippen LogP contribution in [0.1, 0.15) is 0 Å². The van der Waals surface area contributed by atoms with Gasteiger partial charge in [-0.25, -0.2) is 9.37 Å². The molecule has 0 bridgehead atoms. The third-order valence-corrected chi connectivity index (χ3v) is 1.14. The summed E-state index contributed by atoms with van der Waals surface area (Å²) in [7, 11) is 0. The van der Waals surface area contributed by atoms with Gasteiger partial charge in [-0.05, 0) is 0 Å². The van der Waals surface area contributed by atoms with Gasteiger partial charge in [0.1, 0.15) is 0 Å². The Morgan fingerprint density at radius 2 is 1.80 bits per heavy atom. The van der Waals surface area contributed by atoms with Crippen LogP contribution in [-0.4, -0.2) is 4.98 Å². The lowest BCUT2D eigenvalue weighted by atomic mass is 10.4. The fourth-order valence-electron chi connectivity index (χ4n) is 0.422. The lowest BCUT2D eigenvalue weighted by molar-refractivity contribution is 0.427. The minimum absolute atomic E-state index is 0.529. The third-order valence-electron chi connectivity index (χ3n) is 0.875. The number of rotatable bonds is 0. The van der Waals surface area contributed by atoms with Gasteiger partial charge < -0.3 is 0 Å². The maximum absolute atomic E-state index is 12.2. The van der Waals surface area contributed by atoms with Crippen LogP contribution in [0, 0.1) is 17.6 Å². The lowest BCUT2D eigenvalue weighted by Gasteiger charge is -1.93. The summed E-state index contributed by atoms with van der Waals surface area (Å²) in [6.45, 7) is 0. The van der Waals surface area contributed by atoms with Gasteiger partial charge in [-0.3, -0.25) is 0 Å². The molecule has 1 nitrogen and oxygen atoms in total. The van der Waals surface area contributed by atoms with Crippen LogP contribution in [0.4, 0.5) is 13.2 Å². The van der Waals surface area contributed by atoms with Crippen LogP contribution in [0.15, 0.2) is 6.20 Å². The van der Waals surface area contributed by atoms with Crippen molar-refractivity contribution in [2.45, 2.75) is 0 Å². The van der Waals surface area contributed by atoms with Crippen LogP contribution in [0.5, 0.6) is 0 Å². The minimum atomic E-state index is -1.65. The van der Waals surface area contributed by atoms with Crippen molar-refractivity contribution in [2.24, 2.45) is 0 Å². The van der Waals surface area contributed by atoms with Gasteiger partial charge in [-0.2, -0.15) is 8.78 Å². The second-order valence-electron chi connectivity index (χ2n) is 1.52. The maximum atomic E-state index is 12.2. The molecule has 0 spiro atoms. The monoisotopic (exact) mass is 167 g/mol. The largest absolute Gasteiger partial charge is 0.252 e. The summed E-state index contributed by atoms with van der Waals surface area (Å²) >= 11 is 5.04. The molecule has 0 unspecified atom stereocenters. The first-order valence-corrected chi connectivity index (χ1v) is 2.65. The van der Waals surface area contributed by atoms with Crippen molar-refractivity contribution in [3.8, 4) is 0 Å².